The molecule has 0 aromatic carbocycles. The summed E-state index contributed by atoms with van der Waals surface area (Å²) in [5.41, 5.74) is -1.29. The van der Waals surface area contributed by atoms with E-state index in [1.54, 1.807) is 11.8 Å². The number of anilines is 1. The van der Waals surface area contributed by atoms with Gasteiger partial charge in [-0.1, -0.05) is 0 Å². The van der Waals surface area contributed by atoms with E-state index in [-0.39, 0.29) is 31.6 Å². The number of hydrogen-bond acceptors (Lipinski definition) is 5. The summed E-state index contributed by atoms with van der Waals surface area (Å²) in [5, 5.41) is 8.89. The largest absolute Gasteiger partial charge is 0.417 e. The lowest BCUT2D eigenvalue weighted by atomic mass is 9.90. The smallest absolute Gasteiger partial charge is 0.369 e. The maximum Gasteiger partial charge on any atom is 0.417 e. The fourth-order valence-corrected chi connectivity index (χ4v) is 2.42. The Morgan fingerprint density at radius 1 is 1.33 bits per heavy atom. The number of methoxy groups -OCH3 is 1. The number of halogens is 3. The SMILES string of the molecule is COC1(C(F)(F)F)CCN(c2nc(C)cc(C#N)n2)CC1. The highest BCUT2D eigenvalue weighted by molar-refractivity contribution is 5.36. The number of ether oxygens (including phenoxy) is 1. The van der Waals surface area contributed by atoms with Gasteiger partial charge in [0.15, 0.2) is 5.60 Å². The molecule has 2 heterocycles. The van der Waals surface area contributed by atoms with Crippen LogP contribution in [0.5, 0.6) is 0 Å². The fraction of sp³-hybridized carbons (Fsp3) is 0.615. The van der Waals surface area contributed by atoms with Crippen LogP contribution in [0.3, 0.4) is 0 Å². The summed E-state index contributed by atoms with van der Waals surface area (Å²) < 4.78 is 44.0. The predicted molar refractivity (Wildman–Crippen MR) is 68.7 cm³/mol. The van der Waals surface area contributed by atoms with E-state index in [2.05, 4.69) is 9.97 Å². The Hall–Kier alpha value is -1.88. The van der Waals surface area contributed by atoms with Gasteiger partial charge in [0.25, 0.3) is 0 Å². The van der Waals surface area contributed by atoms with Gasteiger partial charge in [0.05, 0.1) is 0 Å². The second-order valence-electron chi connectivity index (χ2n) is 4.99. The molecule has 1 aliphatic heterocycles. The molecule has 0 radical (unpaired) electrons. The lowest BCUT2D eigenvalue weighted by Crippen LogP contribution is -2.55. The maximum absolute atomic E-state index is 13.1. The van der Waals surface area contributed by atoms with Crippen molar-refractivity contribution in [3.05, 3.63) is 17.5 Å². The van der Waals surface area contributed by atoms with Crippen LogP contribution in [0.4, 0.5) is 19.1 Å². The Balaban J connectivity index is 2.18. The third-order valence-electron chi connectivity index (χ3n) is 3.72. The highest BCUT2D eigenvalue weighted by atomic mass is 19.4. The molecular formula is C13H15F3N4O. The van der Waals surface area contributed by atoms with Crippen LogP contribution in [0.25, 0.3) is 0 Å². The van der Waals surface area contributed by atoms with Crippen LogP contribution >= 0.6 is 0 Å². The van der Waals surface area contributed by atoms with E-state index in [1.807, 2.05) is 6.07 Å². The van der Waals surface area contributed by atoms with Gasteiger partial charge in [-0.2, -0.15) is 18.4 Å². The van der Waals surface area contributed by atoms with E-state index in [1.165, 1.54) is 6.07 Å². The molecule has 0 unspecified atom stereocenters. The first-order valence-corrected chi connectivity index (χ1v) is 6.44. The van der Waals surface area contributed by atoms with Crippen LogP contribution in [-0.4, -0.2) is 41.9 Å². The van der Waals surface area contributed by atoms with Gasteiger partial charge in [0.1, 0.15) is 11.8 Å². The lowest BCUT2D eigenvalue weighted by Gasteiger charge is -2.41. The van der Waals surface area contributed by atoms with Crippen LogP contribution in [0.1, 0.15) is 24.2 Å². The van der Waals surface area contributed by atoms with Crippen molar-refractivity contribution in [1.82, 2.24) is 9.97 Å². The normalized spacial score (nSPS) is 18.4. The number of nitriles is 1. The first kappa shape index (κ1) is 15.5. The maximum atomic E-state index is 13.1. The van der Waals surface area contributed by atoms with Gasteiger partial charge in [-0.3, -0.25) is 0 Å². The Bertz CT molecular complexity index is 560. The van der Waals surface area contributed by atoms with Crippen LogP contribution in [0, 0.1) is 18.3 Å². The molecule has 8 heteroatoms. The second-order valence-corrected chi connectivity index (χ2v) is 4.99. The molecule has 1 aromatic heterocycles. The van der Waals surface area contributed by atoms with Crippen molar-refractivity contribution in [2.75, 3.05) is 25.1 Å². The number of alkyl halides is 3. The van der Waals surface area contributed by atoms with Gasteiger partial charge in [0, 0.05) is 38.7 Å². The molecular weight excluding hydrogens is 285 g/mol. The van der Waals surface area contributed by atoms with E-state index < -0.39 is 11.8 Å². The summed E-state index contributed by atoms with van der Waals surface area (Å²) in [6.45, 7) is 1.97. The van der Waals surface area contributed by atoms with Crippen molar-refractivity contribution in [3.63, 3.8) is 0 Å². The summed E-state index contributed by atoms with van der Waals surface area (Å²) in [7, 11) is 1.08. The van der Waals surface area contributed by atoms with E-state index in [0.29, 0.717) is 11.6 Å². The minimum absolute atomic E-state index is 0.127. The molecule has 1 saturated heterocycles. The lowest BCUT2D eigenvalue weighted by molar-refractivity contribution is -0.276. The summed E-state index contributed by atoms with van der Waals surface area (Å²) in [6, 6.07) is 3.45. The van der Waals surface area contributed by atoms with E-state index in [4.69, 9.17) is 10.00 Å². The Kier molecular flexibility index (Phi) is 4.05. The van der Waals surface area contributed by atoms with Crippen molar-refractivity contribution >= 4 is 5.95 Å². The summed E-state index contributed by atoms with van der Waals surface area (Å²) >= 11 is 0. The van der Waals surface area contributed by atoms with E-state index in [9.17, 15) is 13.2 Å². The molecule has 114 valence electrons. The molecule has 2 rings (SSSR count). The van der Waals surface area contributed by atoms with Crippen LogP contribution < -0.4 is 4.90 Å². The van der Waals surface area contributed by atoms with Crippen LogP contribution in [0.2, 0.25) is 0 Å². The first-order chi connectivity index (χ1) is 9.81. The molecule has 21 heavy (non-hydrogen) atoms. The molecule has 1 aliphatic rings. The number of hydrogen-bond donors (Lipinski definition) is 0. The summed E-state index contributed by atoms with van der Waals surface area (Å²) in [6.07, 6.45) is -4.78. The average Bonchev–Trinajstić information content (AvgIpc) is 2.45. The molecule has 0 amide bonds. The molecule has 1 aromatic rings. The fourth-order valence-electron chi connectivity index (χ4n) is 2.42. The van der Waals surface area contributed by atoms with E-state index in [0.717, 1.165) is 7.11 Å². The summed E-state index contributed by atoms with van der Waals surface area (Å²) in [5.74, 6) is 0.290. The van der Waals surface area contributed by atoms with Gasteiger partial charge >= 0.3 is 6.18 Å². The molecule has 0 atom stereocenters. The van der Waals surface area contributed by atoms with Crippen molar-refractivity contribution in [2.24, 2.45) is 0 Å². The topological polar surface area (TPSA) is 62.0 Å². The standard InChI is InChI=1S/C13H15F3N4O/c1-9-7-10(8-17)19-11(18-9)20-5-3-12(21-2,4-6-20)13(14,15)16/h7H,3-6H2,1-2H3. The number of piperidine rings is 1. The third-order valence-corrected chi connectivity index (χ3v) is 3.72. The monoisotopic (exact) mass is 300 g/mol. The Labute approximate surface area is 120 Å². The number of aromatic nitrogens is 2. The van der Waals surface area contributed by atoms with Crippen LogP contribution in [-0.2, 0) is 4.74 Å². The van der Waals surface area contributed by atoms with Gasteiger partial charge in [0.2, 0.25) is 5.95 Å². The average molecular weight is 300 g/mol. The quantitative estimate of drug-likeness (QED) is 0.838. The second kappa shape index (κ2) is 5.48. The predicted octanol–water partition coefficient (Wildman–Crippen LogP) is 2.20. The molecule has 0 N–H and O–H groups in total. The van der Waals surface area contributed by atoms with Gasteiger partial charge < -0.3 is 9.64 Å². The highest BCUT2D eigenvalue weighted by Gasteiger charge is 2.56. The zero-order valence-corrected chi connectivity index (χ0v) is 11.7. The van der Waals surface area contributed by atoms with Gasteiger partial charge in [-0.05, 0) is 13.0 Å². The first-order valence-electron chi connectivity index (χ1n) is 6.44. The number of rotatable bonds is 2. The van der Waals surface area contributed by atoms with Gasteiger partial charge in [-0.25, -0.2) is 9.97 Å². The molecule has 0 aliphatic carbocycles. The van der Waals surface area contributed by atoms with E-state index >= 15 is 0 Å². The Morgan fingerprint density at radius 3 is 2.43 bits per heavy atom. The Morgan fingerprint density at radius 2 is 1.95 bits per heavy atom. The minimum atomic E-state index is -4.40. The summed E-state index contributed by atoms with van der Waals surface area (Å²) in [4.78, 5) is 9.88. The van der Waals surface area contributed by atoms with Crippen molar-refractivity contribution in [2.45, 2.75) is 31.5 Å². The van der Waals surface area contributed by atoms with Crippen molar-refractivity contribution in [3.8, 4) is 6.07 Å². The zero-order valence-electron chi connectivity index (χ0n) is 11.7. The molecule has 0 bridgehead atoms. The molecule has 0 saturated carbocycles. The van der Waals surface area contributed by atoms with Crippen molar-refractivity contribution in [1.29, 1.82) is 5.26 Å². The molecule has 5 nitrogen and oxygen atoms in total. The van der Waals surface area contributed by atoms with Crippen LogP contribution in [0.15, 0.2) is 6.07 Å². The minimum Gasteiger partial charge on any atom is -0.369 e. The number of aryl methyl sites for hydroxylation is 1. The number of nitrogens with zero attached hydrogens (tertiary/aromatic N) is 4. The highest BCUT2D eigenvalue weighted by Crippen LogP contribution is 2.41. The van der Waals surface area contributed by atoms with Gasteiger partial charge in [-0.15, -0.1) is 0 Å². The molecule has 0 spiro atoms. The molecule has 1 fully saturated rings. The zero-order chi connectivity index (χ0) is 15.7. The third kappa shape index (κ3) is 2.93. The van der Waals surface area contributed by atoms with Crippen molar-refractivity contribution < 1.29 is 17.9 Å².